The molecule has 0 bridgehead atoms. The Morgan fingerprint density at radius 2 is 1.63 bits per heavy atom. The smallest absolute Gasteiger partial charge is 0.394 e. The maximum atomic E-state index is 13.7. The van der Waals surface area contributed by atoms with Gasteiger partial charge in [0, 0.05) is 11.5 Å². The van der Waals surface area contributed by atoms with E-state index < -0.39 is 86.0 Å². The lowest BCUT2D eigenvalue weighted by atomic mass is 9.54. The molecule has 210 valence electrons. The summed E-state index contributed by atoms with van der Waals surface area (Å²) in [6.07, 6.45) is -1.59. The third-order valence-electron chi connectivity index (χ3n) is 6.99. The highest BCUT2D eigenvalue weighted by Crippen LogP contribution is 2.55. The fraction of sp³-hybridized carbons (Fsp3) is 0.409. The van der Waals surface area contributed by atoms with Crippen LogP contribution in [0.4, 0.5) is 0 Å². The molecule has 0 aliphatic heterocycles. The summed E-state index contributed by atoms with van der Waals surface area (Å²) >= 11 is 0. The maximum absolute atomic E-state index is 13.7. The van der Waals surface area contributed by atoms with E-state index in [0.29, 0.717) is 5.56 Å². The summed E-state index contributed by atoms with van der Waals surface area (Å²) in [5, 5.41) is 54.9. The molecule has 1 amide bonds. The van der Waals surface area contributed by atoms with Crippen molar-refractivity contribution in [1.82, 2.24) is 4.90 Å². The SMILES string of the molecule is C[C@H]1c2cccc(O)c2C(O)=C2C(=O)[C@]3(O)C(O)=C(C(N)=O)C(=O)[C@@H](N(C)C)[C@@H]3[C@@H](O)[C@@H]21.O.O=S(=O)(O)O. The molecule has 11 N–H and O–H groups in total. The Morgan fingerprint density at radius 3 is 2.11 bits per heavy atom. The second-order valence-electron chi connectivity index (χ2n) is 9.24. The number of fused-ring (bicyclic) bond motifs is 3. The third-order valence-corrected chi connectivity index (χ3v) is 6.99. The second-order valence-corrected chi connectivity index (χ2v) is 10.1. The number of carbonyl (C=O) groups excluding carboxylic acids is 3. The molecule has 1 aromatic rings. The molecule has 38 heavy (non-hydrogen) atoms. The van der Waals surface area contributed by atoms with Crippen LogP contribution < -0.4 is 5.73 Å². The van der Waals surface area contributed by atoms with Crippen LogP contribution in [-0.4, -0.2) is 103 Å². The number of aliphatic hydroxyl groups excluding tert-OH is 3. The third kappa shape index (κ3) is 4.55. The molecule has 1 saturated carbocycles. The molecule has 0 unspecified atom stereocenters. The van der Waals surface area contributed by atoms with Crippen LogP contribution >= 0.6 is 0 Å². The lowest BCUT2D eigenvalue weighted by Gasteiger charge is -2.53. The number of phenolic OH excluding ortho intramolecular Hbond substituents is 1. The Balaban J connectivity index is 0.000000774. The minimum Gasteiger partial charge on any atom is -0.508 e. The van der Waals surface area contributed by atoms with Crippen molar-refractivity contribution in [3.05, 3.63) is 46.2 Å². The molecule has 3 aliphatic rings. The number of ketones is 2. The predicted molar refractivity (Wildman–Crippen MR) is 128 cm³/mol. The molecule has 0 aromatic heterocycles. The first-order chi connectivity index (χ1) is 16.9. The van der Waals surface area contributed by atoms with Crippen molar-refractivity contribution in [2.75, 3.05) is 14.1 Å². The van der Waals surface area contributed by atoms with Crippen LogP contribution in [0.25, 0.3) is 5.76 Å². The molecule has 4 rings (SSSR count). The molecule has 1 fully saturated rings. The highest BCUT2D eigenvalue weighted by atomic mass is 32.3. The lowest BCUT2D eigenvalue weighted by Crippen LogP contribution is -2.70. The topological polar surface area (TPSA) is 288 Å². The number of phenols is 1. The van der Waals surface area contributed by atoms with Crippen molar-refractivity contribution < 1.29 is 62.9 Å². The molecule has 3 aliphatic carbocycles. The predicted octanol–water partition coefficient (Wildman–Crippen LogP) is -1.98. The average Bonchev–Trinajstić information content (AvgIpc) is 2.74. The van der Waals surface area contributed by atoms with Crippen LogP contribution in [0.2, 0.25) is 0 Å². The van der Waals surface area contributed by atoms with Crippen LogP contribution in [0.3, 0.4) is 0 Å². The summed E-state index contributed by atoms with van der Waals surface area (Å²) in [6, 6.07) is 3.13. The first-order valence-corrected chi connectivity index (χ1v) is 12.1. The minimum atomic E-state index is -4.67. The van der Waals surface area contributed by atoms with Gasteiger partial charge in [0.15, 0.2) is 11.4 Å². The maximum Gasteiger partial charge on any atom is 0.394 e. The highest BCUT2D eigenvalue weighted by molar-refractivity contribution is 7.79. The summed E-state index contributed by atoms with van der Waals surface area (Å²) in [5.41, 5.74) is 1.47. The number of primary amides is 1. The number of Topliss-reactive ketones (excluding diaryl/α,β-unsaturated/α-hetero) is 2. The van der Waals surface area contributed by atoms with Crippen LogP contribution in [0.5, 0.6) is 5.75 Å². The first kappa shape index (κ1) is 30.8. The monoisotopic (exact) mass is 560 g/mol. The number of aromatic hydroxyl groups is 1. The quantitative estimate of drug-likeness (QED) is 0.144. The zero-order valence-electron chi connectivity index (χ0n) is 20.2. The number of nitrogens with zero attached hydrogens (tertiary/aromatic N) is 1. The van der Waals surface area contributed by atoms with Crippen molar-refractivity contribution in [3.8, 4) is 5.75 Å². The van der Waals surface area contributed by atoms with Gasteiger partial charge in [0.2, 0.25) is 5.78 Å². The Hall–Kier alpha value is -3.38. The van der Waals surface area contributed by atoms with Gasteiger partial charge in [-0.05, 0) is 31.6 Å². The van der Waals surface area contributed by atoms with Gasteiger partial charge in [-0.3, -0.25) is 28.4 Å². The Labute approximate surface area is 216 Å². The largest absolute Gasteiger partial charge is 0.508 e. The Bertz CT molecular complexity index is 1360. The van der Waals surface area contributed by atoms with Gasteiger partial charge >= 0.3 is 10.4 Å². The number of hydrogen-bond donors (Lipinski definition) is 8. The fourth-order valence-corrected chi connectivity index (χ4v) is 5.58. The van der Waals surface area contributed by atoms with Gasteiger partial charge in [-0.1, -0.05) is 19.1 Å². The van der Waals surface area contributed by atoms with Gasteiger partial charge in [-0.15, -0.1) is 0 Å². The number of hydrogen-bond acceptors (Lipinski definition) is 11. The number of benzene rings is 1. The molecular weight excluding hydrogens is 532 g/mol. The van der Waals surface area contributed by atoms with Crippen molar-refractivity contribution in [3.63, 3.8) is 0 Å². The van der Waals surface area contributed by atoms with Crippen LogP contribution in [0.1, 0.15) is 24.0 Å². The van der Waals surface area contributed by atoms with Gasteiger partial charge in [-0.25, -0.2) is 0 Å². The van der Waals surface area contributed by atoms with E-state index in [1.807, 2.05) is 0 Å². The van der Waals surface area contributed by atoms with E-state index in [-0.39, 0.29) is 16.8 Å². The molecule has 6 atom stereocenters. The Kier molecular flexibility index (Phi) is 8.17. The van der Waals surface area contributed by atoms with E-state index in [9.17, 15) is 39.9 Å². The van der Waals surface area contributed by atoms with Crippen molar-refractivity contribution in [1.29, 1.82) is 0 Å². The zero-order chi connectivity index (χ0) is 28.4. The van der Waals surface area contributed by atoms with E-state index in [1.54, 1.807) is 19.1 Å². The molecule has 0 saturated heterocycles. The molecular formula is C22H28N2O13S. The van der Waals surface area contributed by atoms with Crippen molar-refractivity contribution in [2.24, 2.45) is 17.6 Å². The van der Waals surface area contributed by atoms with E-state index >= 15 is 0 Å². The normalized spacial score (nSPS) is 30.5. The zero-order valence-corrected chi connectivity index (χ0v) is 21.0. The number of nitrogens with two attached hydrogens (primary N) is 1. The number of likely N-dealkylation sites (N-methyl/N-ethyl adjacent to an activating group) is 1. The average molecular weight is 561 g/mol. The van der Waals surface area contributed by atoms with Crippen LogP contribution in [-0.2, 0) is 24.8 Å². The lowest BCUT2D eigenvalue weighted by molar-refractivity contribution is -0.169. The van der Waals surface area contributed by atoms with Gasteiger partial charge in [0.25, 0.3) is 5.91 Å². The number of carbonyl (C=O) groups is 3. The number of aliphatic hydroxyl groups is 4. The summed E-state index contributed by atoms with van der Waals surface area (Å²) in [4.78, 5) is 40.0. The van der Waals surface area contributed by atoms with Crippen molar-refractivity contribution >= 4 is 33.6 Å². The van der Waals surface area contributed by atoms with Gasteiger partial charge < -0.3 is 36.7 Å². The highest BCUT2D eigenvalue weighted by Gasteiger charge is 2.68. The second kappa shape index (κ2) is 10.1. The van der Waals surface area contributed by atoms with E-state index in [4.69, 9.17) is 23.3 Å². The minimum absolute atomic E-state index is 0. The van der Waals surface area contributed by atoms with Gasteiger partial charge in [-0.2, -0.15) is 8.42 Å². The van der Waals surface area contributed by atoms with E-state index in [1.165, 1.54) is 25.1 Å². The number of rotatable bonds is 2. The molecule has 0 heterocycles. The molecule has 16 heteroatoms. The summed E-state index contributed by atoms with van der Waals surface area (Å²) in [5.74, 6) is -8.87. The summed E-state index contributed by atoms with van der Waals surface area (Å²) < 4.78 is 31.6. The molecule has 1 aromatic carbocycles. The first-order valence-electron chi connectivity index (χ1n) is 10.7. The Morgan fingerprint density at radius 1 is 1.11 bits per heavy atom. The standard InChI is InChI=1S/C22H24N2O8.H2O4S.H2O/c1-7-8-5-4-6-9(25)11(8)16(26)12-10(7)17(27)14-15(24(2)3)18(28)13(21(23)31)20(30)22(14,32)19(12)29;1-5(2,3)4;/h4-7,10,14-15,17,25-27,30,32H,1-3H3,(H2,23,31);(H2,1,2,3,4);1H2/t7-,10+,14+,15-,17-,22-;;/m0../s1. The molecule has 15 nitrogen and oxygen atoms in total. The number of amides is 1. The molecule has 0 spiro atoms. The fourth-order valence-electron chi connectivity index (χ4n) is 5.58. The summed E-state index contributed by atoms with van der Waals surface area (Å²) in [7, 11) is -1.75. The van der Waals surface area contributed by atoms with Gasteiger partial charge in [0.1, 0.15) is 22.8 Å². The van der Waals surface area contributed by atoms with Crippen LogP contribution in [0, 0.1) is 11.8 Å². The molecule has 0 radical (unpaired) electrons. The van der Waals surface area contributed by atoms with E-state index in [0.717, 1.165) is 0 Å². The van der Waals surface area contributed by atoms with Gasteiger partial charge in [0.05, 0.1) is 23.6 Å². The van der Waals surface area contributed by atoms with Crippen molar-refractivity contribution in [2.45, 2.75) is 30.6 Å². The van der Waals surface area contributed by atoms with Crippen LogP contribution in [0.15, 0.2) is 35.1 Å². The summed E-state index contributed by atoms with van der Waals surface area (Å²) in [6.45, 7) is 1.68. The van der Waals surface area contributed by atoms with E-state index in [2.05, 4.69) is 0 Å².